The maximum Gasteiger partial charge on any atom is 0.345 e. The van der Waals surface area contributed by atoms with E-state index in [0.29, 0.717) is 0 Å². The van der Waals surface area contributed by atoms with Crippen molar-refractivity contribution in [1.29, 1.82) is 0 Å². The maximum absolute atomic E-state index is 13.1. The highest BCUT2D eigenvalue weighted by atomic mass is 19.2. The zero-order chi connectivity index (χ0) is 20.8. The third-order valence-electron chi connectivity index (χ3n) is 3.46. The van der Waals surface area contributed by atoms with Crippen molar-refractivity contribution in [2.24, 2.45) is 0 Å². The molecule has 0 saturated heterocycles. The summed E-state index contributed by atoms with van der Waals surface area (Å²) in [5.74, 6) is -4.20. The predicted octanol–water partition coefficient (Wildman–Crippen LogP) is 2.69. The maximum atomic E-state index is 13.1. The van der Waals surface area contributed by atoms with Crippen LogP contribution in [0.3, 0.4) is 0 Å². The zero-order valence-corrected chi connectivity index (χ0v) is 14.7. The van der Waals surface area contributed by atoms with Gasteiger partial charge >= 0.3 is 5.97 Å². The Morgan fingerprint density at radius 3 is 2.29 bits per heavy atom. The van der Waals surface area contributed by atoms with E-state index in [1.165, 1.54) is 14.2 Å². The summed E-state index contributed by atoms with van der Waals surface area (Å²) in [6.07, 6.45) is 0. The summed E-state index contributed by atoms with van der Waals surface area (Å²) in [4.78, 5) is 34.4. The monoisotopic (exact) mass is 396 g/mol. The van der Waals surface area contributed by atoms with Crippen LogP contribution in [-0.4, -0.2) is 37.6 Å². The van der Waals surface area contributed by atoms with Crippen LogP contribution >= 0.6 is 0 Å². The van der Waals surface area contributed by atoms with Crippen LogP contribution in [0.1, 0.15) is 10.4 Å². The number of nitro groups is 1. The number of esters is 1. The molecule has 0 bridgehead atoms. The summed E-state index contributed by atoms with van der Waals surface area (Å²) in [5.41, 5.74) is -1.12. The number of hydrogen-bond donors (Lipinski definition) is 1. The van der Waals surface area contributed by atoms with Crippen LogP contribution in [0.5, 0.6) is 11.5 Å². The van der Waals surface area contributed by atoms with Gasteiger partial charge in [-0.25, -0.2) is 13.6 Å². The average molecular weight is 396 g/mol. The molecule has 0 aliphatic carbocycles. The highest BCUT2D eigenvalue weighted by Crippen LogP contribution is 2.34. The molecular formula is C17H14F2N2O7. The summed E-state index contributed by atoms with van der Waals surface area (Å²) >= 11 is 0. The lowest BCUT2D eigenvalue weighted by Gasteiger charge is -2.10. The Labute approximate surface area is 157 Å². The van der Waals surface area contributed by atoms with E-state index in [-0.39, 0.29) is 17.2 Å². The number of benzene rings is 2. The van der Waals surface area contributed by atoms with Gasteiger partial charge in [0.1, 0.15) is 5.56 Å². The molecule has 0 atom stereocenters. The smallest absolute Gasteiger partial charge is 0.345 e. The van der Waals surface area contributed by atoms with Crippen LogP contribution in [0.2, 0.25) is 0 Å². The van der Waals surface area contributed by atoms with Gasteiger partial charge in [0.25, 0.3) is 11.6 Å². The number of nitrogens with zero attached hydrogens (tertiary/aromatic N) is 1. The zero-order valence-electron chi connectivity index (χ0n) is 14.7. The lowest BCUT2D eigenvalue weighted by atomic mass is 10.1. The van der Waals surface area contributed by atoms with Crippen LogP contribution in [0.4, 0.5) is 20.2 Å². The molecule has 0 spiro atoms. The first-order valence-electron chi connectivity index (χ1n) is 7.59. The molecule has 0 saturated carbocycles. The molecule has 0 aliphatic rings. The number of methoxy groups -OCH3 is 2. The van der Waals surface area contributed by atoms with Crippen molar-refractivity contribution in [2.45, 2.75) is 0 Å². The summed E-state index contributed by atoms with van der Waals surface area (Å²) in [7, 11) is 2.54. The molecular weight excluding hydrogens is 382 g/mol. The van der Waals surface area contributed by atoms with Crippen molar-refractivity contribution in [3.05, 3.63) is 57.6 Å². The molecule has 148 valence electrons. The number of carbonyl (C=O) groups is 2. The van der Waals surface area contributed by atoms with E-state index in [1.54, 1.807) is 0 Å². The second kappa shape index (κ2) is 8.75. The van der Waals surface area contributed by atoms with E-state index < -0.39 is 46.3 Å². The Balaban J connectivity index is 2.12. The molecule has 0 radical (unpaired) electrons. The molecule has 2 aromatic carbocycles. The molecule has 0 fully saturated rings. The Morgan fingerprint density at radius 1 is 1.07 bits per heavy atom. The second-order valence-electron chi connectivity index (χ2n) is 5.23. The number of nitro benzene ring substituents is 1. The van der Waals surface area contributed by atoms with Gasteiger partial charge in [-0.15, -0.1) is 0 Å². The van der Waals surface area contributed by atoms with E-state index in [9.17, 15) is 28.5 Å². The molecule has 9 nitrogen and oxygen atoms in total. The Morgan fingerprint density at radius 2 is 1.71 bits per heavy atom. The fourth-order valence-electron chi connectivity index (χ4n) is 2.16. The van der Waals surface area contributed by atoms with Gasteiger partial charge in [-0.3, -0.25) is 14.9 Å². The van der Waals surface area contributed by atoms with E-state index >= 15 is 0 Å². The lowest BCUT2D eigenvalue weighted by Crippen LogP contribution is -2.21. The third-order valence-corrected chi connectivity index (χ3v) is 3.46. The van der Waals surface area contributed by atoms with E-state index in [1.807, 2.05) is 0 Å². The van der Waals surface area contributed by atoms with Crippen molar-refractivity contribution >= 4 is 23.3 Å². The molecule has 1 amide bonds. The SMILES string of the molecule is COc1cc(C(=O)OCC(=O)Nc2ccc(F)c(F)c2)c([N+](=O)[O-])cc1OC. The molecule has 0 unspecified atom stereocenters. The molecule has 1 N–H and O–H groups in total. The number of hydrogen-bond acceptors (Lipinski definition) is 7. The predicted molar refractivity (Wildman–Crippen MR) is 91.5 cm³/mol. The van der Waals surface area contributed by atoms with Crippen LogP contribution in [0, 0.1) is 21.7 Å². The van der Waals surface area contributed by atoms with Gasteiger partial charge < -0.3 is 19.5 Å². The third kappa shape index (κ3) is 4.69. The minimum absolute atomic E-state index is 0.0295. The van der Waals surface area contributed by atoms with Gasteiger partial charge in [-0.05, 0) is 12.1 Å². The summed E-state index contributed by atoms with van der Waals surface area (Å²) < 4.78 is 40.7. The molecule has 28 heavy (non-hydrogen) atoms. The second-order valence-corrected chi connectivity index (χ2v) is 5.23. The number of nitrogens with one attached hydrogen (secondary N) is 1. The normalized spacial score (nSPS) is 10.1. The minimum atomic E-state index is -1.17. The van der Waals surface area contributed by atoms with E-state index in [4.69, 9.17) is 14.2 Å². The minimum Gasteiger partial charge on any atom is -0.493 e. The van der Waals surface area contributed by atoms with Gasteiger partial charge in [-0.2, -0.15) is 0 Å². The van der Waals surface area contributed by atoms with Crippen molar-refractivity contribution in [3.8, 4) is 11.5 Å². The summed E-state index contributed by atoms with van der Waals surface area (Å²) in [6.45, 7) is -0.816. The standard InChI is InChI=1S/C17H14F2N2O7/c1-26-14-6-10(13(21(24)25)7-15(14)27-2)17(23)28-8-16(22)20-9-3-4-11(18)12(19)5-9/h3-7H,8H2,1-2H3,(H,20,22). The summed E-state index contributed by atoms with van der Waals surface area (Å²) in [6, 6.07) is 4.69. The van der Waals surface area contributed by atoms with Gasteiger partial charge in [0.2, 0.25) is 0 Å². The number of amides is 1. The van der Waals surface area contributed by atoms with Gasteiger partial charge in [0, 0.05) is 17.8 Å². The first kappa shape index (κ1) is 20.6. The van der Waals surface area contributed by atoms with Crippen molar-refractivity contribution in [1.82, 2.24) is 0 Å². The van der Waals surface area contributed by atoms with Gasteiger partial charge in [0.15, 0.2) is 29.7 Å². The van der Waals surface area contributed by atoms with E-state index in [0.717, 1.165) is 30.3 Å². The molecule has 0 aromatic heterocycles. The molecule has 2 rings (SSSR count). The first-order valence-corrected chi connectivity index (χ1v) is 7.59. The van der Waals surface area contributed by atoms with Crippen LogP contribution < -0.4 is 14.8 Å². The van der Waals surface area contributed by atoms with Crippen LogP contribution in [0.25, 0.3) is 0 Å². The fourth-order valence-corrected chi connectivity index (χ4v) is 2.16. The van der Waals surface area contributed by atoms with Crippen molar-refractivity contribution in [3.63, 3.8) is 0 Å². The number of ether oxygens (including phenoxy) is 3. The topological polar surface area (TPSA) is 117 Å². The summed E-state index contributed by atoms with van der Waals surface area (Å²) in [5, 5.41) is 13.4. The van der Waals surface area contributed by atoms with Crippen LogP contribution in [0.15, 0.2) is 30.3 Å². The van der Waals surface area contributed by atoms with Crippen LogP contribution in [-0.2, 0) is 9.53 Å². The average Bonchev–Trinajstić information content (AvgIpc) is 2.67. The highest BCUT2D eigenvalue weighted by molar-refractivity contribution is 5.98. The molecule has 2 aromatic rings. The lowest BCUT2D eigenvalue weighted by molar-refractivity contribution is -0.385. The molecule has 0 aliphatic heterocycles. The van der Waals surface area contributed by atoms with Crippen molar-refractivity contribution < 1.29 is 37.5 Å². The number of halogens is 2. The quantitative estimate of drug-likeness (QED) is 0.434. The Bertz CT molecular complexity index is 934. The highest BCUT2D eigenvalue weighted by Gasteiger charge is 2.26. The first-order chi connectivity index (χ1) is 13.3. The Hall–Kier alpha value is -3.76. The van der Waals surface area contributed by atoms with Gasteiger partial charge in [-0.1, -0.05) is 0 Å². The fraction of sp³-hybridized carbons (Fsp3) is 0.176. The van der Waals surface area contributed by atoms with E-state index in [2.05, 4.69) is 5.32 Å². The molecule has 0 heterocycles. The largest absolute Gasteiger partial charge is 0.493 e. The number of anilines is 1. The van der Waals surface area contributed by atoms with Gasteiger partial charge in [0.05, 0.1) is 25.2 Å². The Kier molecular flexibility index (Phi) is 6.42. The molecule has 11 heteroatoms. The number of rotatable bonds is 7. The van der Waals surface area contributed by atoms with Crippen molar-refractivity contribution in [2.75, 3.05) is 26.1 Å². The number of carbonyl (C=O) groups excluding carboxylic acids is 2.